The number of methoxy groups -OCH3 is 2. The Morgan fingerprint density at radius 3 is 2.63 bits per heavy atom. The molecule has 0 aliphatic rings. The Balaban J connectivity index is 1.57. The highest BCUT2D eigenvalue weighted by Gasteiger charge is 2.12. The van der Waals surface area contributed by atoms with Crippen LogP contribution in [0.25, 0.3) is 11.0 Å². The van der Waals surface area contributed by atoms with Crippen LogP contribution in [0.15, 0.2) is 63.0 Å². The quantitative estimate of drug-likeness (QED) is 0.453. The van der Waals surface area contributed by atoms with Crippen molar-refractivity contribution in [3.63, 3.8) is 0 Å². The number of ether oxygens (including phenoxy) is 2. The van der Waals surface area contributed by atoms with Crippen LogP contribution in [0.2, 0.25) is 0 Å². The molecule has 2 N–H and O–H groups in total. The van der Waals surface area contributed by atoms with Crippen molar-refractivity contribution in [3.05, 3.63) is 70.1 Å². The maximum absolute atomic E-state index is 12.3. The van der Waals surface area contributed by atoms with E-state index >= 15 is 0 Å². The van der Waals surface area contributed by atoms with Crippen molar-refractivity contribution in [1.82, 2.24) is 10.7 Å². The highest BCUT2D eigenvalue weighted by atomic mass is 16.5. The van der Waals surface area contributed by atoms with E-state index in [2.05, 4.69) is 15.8 Å². The van der Waals surface area contributed by atoms with Gasteiger partial charge in [-0.3, -0.25) is 14.4 Å². The SMILES string of the molecule is COc1ccc(C(=O)NCC(=O)N/N=C\c2coc3ccccc3c2=O)cc1OC. The number of carbonyl (C=O) groups excluding carboxylic acids is 2. The minimum absolute atomic E-state index is 0.184. The third kappa shape index (κ3) is 4.64. The van der Waals surface area contributed by atoms with Crippen molar-refractivity contribution in [2.45, 2.75) is 0 Å². The molecule has 9 nitrogen and oxygen atoms in total. The second kappa shape index (κ2) is 9.37. The average molecular weight is 409 g/mol. The maximum atomic E-state index is 12.3. The van der Waals surface area contributed by atoms with E-state index in [4.69, 9.17) is 13.9 Å². The molecule has 1 heterocycles. The van der Waals surface area contributed by atoms with Crippen molar-refractivity contribution < 1.29 is 23.5 Å². The molecule has 0 radical (unpaired) electrons. The van der Waals surface area contributed by atoms with Gasteiger partial charge in [0.25, 0.3) is 11.8 Å². The molecular weight excluding hydrogens is 390 g/mol. The molecule has 1 aromatic heterocycles. The molecule has 0 spiro atoms. The van der Waals surface area contributed by atoms with Crippen LogP contribution in [-0.4, -0.2) is 38.8 Å². The van der Waals surface area contributed by atoms with Gasteiger partial charge in [-0.1, -0.05) is 12.1 Å². The van der Waals surface area contributed by atoms with Crippen LogP contribution < -0.4 is 25.6 Å². The lowest BCUT2D eigenvalue weighted by Gasteiger charge is -2.09. The third-order valence-corrected chi connectivity index (χ3v) is 4.15. The number of hydrogen-bond acceptors (Lipinski definition) is 7. The summed E-state index contributed by atoms with van der Waals surface area (Å²) in [7, 11) is 2.95. The Labute approximate surface area is 171 Å². The van der Waals surface area contributed by atoms with E-state index in [9.17, 15) is 14.4 Å². The summed E-state index contributed by atoms with van der Waals surface area (Å²) in [6, 6.07) is 11.4. The molecule has 0 fully saturated rings. The van der Waals surface area contributed by atoms with Crippen LogP contribution in [0.4, 0.5) is 0 Å². The van der Waals surface area contributed by atoms with Crippen molar-refractivity contribution in [2.24, 2.45) is 5.10 Å². The number of rotatable bonds is 7. The third-order valence-electron chi connectivity index (χ3n) is 4.15. The van der Waals surface area contributed by atoms with Gasteiger partial charge in [0.15, 0.2) is 11.5 Å². The first-order chi connectivity index (χ1) is 14.5. The Morgan fingerprint density at radius 1 is 1.10 bits per heavy atom. The fourth-order valence-electron chi connectivity index (χ4n) is 2.64. The molecule has 3 rings (SSSR count). The second-order valence-electron chi connectivity index (χ2n) is 6.06. The van der Waals surface area contributed by atoms with E-state index in [1.807, 2.05) is 0 Å². The predicted molar refractivity (Wildman–Crippen MR) is 110 cm³/mol. The average Bonchev–Trinajstić information content (AvgIpc) is 2.78. The summed E-state index contributed by atoms with van der Waals surface area (Å²) in [5.41, 5.74) is 2.92. The van der Waals surface area contributed by atoms with Gasteiger partial charge in [-0.05, 0) is 30.3 Å². The molecule has 0 aliphatic heterocycles. The summed E-state index contributed by atoms with van der Waals surface area (Å²) < 4.78 is 15.6. The monoisotopic (exact) mass is 409 g/mol. The highest BCUT2D eigenvalue weighted by Crippen LogP contribution is 2.27. The first kappa shape index (κ1) is 20.6. The number of para-hydroxylation sites is 1. The largest absolute Gasteiger partial charge is 0.493 e. The van der Waals surface area contributed by atoms with Crippen LogP contribution >= 0.6 is 0 Å². The topological polar surface area (TPSA) is 119 Å². The van der Waals surface area contributed by atoms with Crippen LogP contribution in [0.1, 0.15) is 15.9 Å². The van der Waals surface area contributed by atoms with Gasteiger partial charge in [0, 0.05) is 5.56 Å². The molecular formula is C21H19N3O6. The fraction of sp³-hybridized carbons (Fsp3) is 0.143. The molecule has 0 saturated heterocycles. The summed E-state index contributed by atoms with van der Waals surface area (Å²) in [6.45, 7) is -0.309. The minimum atomic E-state index is -0.565. The zero-order chi connectivity index (χ0) is 21.5. The summed E-state index contributed by atoms with van der Waals surface area (Å²) >= 11 is 0. The lowest BCUT2D eigenvalue weighted by Crippen LogP contribution is -2.35. The van der Waals surface area contributed by atoms with Gasteiger partial charge in [-0.25, -0.2) is 5.43 Å². The second-order valence-corrected chi connectivity index (χ2v) is 6.06. The predicted octanol–water partition coefficient (Wildman–Crippen LogP) is 1.69. The summed E-state index contributed by atoms with van der Waals surface area (Å²) in [4.78, 5) is 36.4. The van der Waals surface area contributed by atoms with Gasteiger partial charge in [-0.2, -0.15) is 5.10 Å². The first-order valence-corrected chi connectivity index (χ1v) is 8.86. The first-order valence-electron chi connectivity index (χ1n) is 8.86. The molecule has 30 heavy (non-hydrogen) atoms. The van der Waals surface area contributed by atoms with E-state index < -0.39 is 11.8 Å². The van der Waals surface area contributed by atoms with Gasteiger partial charge in [0.2, 0.25) is 5.43 Å². The number of nitrogens with zero attached hydrogens (tertiary/aromatic N) is 1. The van der Waals surface area contributed by atoms with E-state index in [1.165, 1.54) is 32.8 Å². The number of carbonyl (C=O) groups is 2. The number of hydrogen-bond donors (Lipinski definition) is 2. The molecule has 2 aromatic carbocycles. The maximum Gasteiger partial charge on any atom is 0.259 e. The van der Waals surface area contributed by atoms with Gasteiger partial charge in [0.05, 0.1) is 37.9 Å². The Morgan fingerprint density at radius 2 is 1.87 bits per heavy atom. The number of fused-ring (bicyclic) bond motifs is 1. The Hall–Kier alpha value is -4.14. The minimum Gasteiger partial charge on any atom is -0.493 e. The number of amides is 2. The molecule has 0 atom stereocenters. The smallest absolute Gasteiger partial charge is 0.259 e. The molecule has 0 saturated carbocycles. The van der Waals surface area contributed by atoms with Crippen LogP contribution in [0, 0.1) is 0 Å². The van der Waals surface area contributed by atoms with E-state index in [0.717, 1.165) is 0 Å². The van der Waals surface area contributed by atoms with Gasteiger partial charge in [0.1, 0.15) is 11.8 Å². The van der Waals surface area contributed by atoms with Crippen molar-refractivity contribution in [2.75, 3.05) is 20.8 Å². The van der Waals surface area contributed by atoms with Crippen LogP contribution in [0.5, 0.6) is 11.5 Å². The summed E-state index contributed by atoms with van der Waals surface area (Å²) in [5, 5.41) is 6.62. The van der Waals surface area contributed by atoms with E-state index in [-0.39, 0.29) is 17.5 Å². The zero-order valence-electron chi connectivity index (χ0n) is 16.3. The Kier molecular flexibility index (Phi) is 6.43. The standard InChI is InChI=1S/C21H19N3O6/c1-28-17-8-7-13(9-18(17)29-2)21(27)22-11-19(25)24-23-10-14-12-30-16-6-4-3-5-15(16)20(14)26/h3-10,12H,11H2,1-2H3,(H,22,27)(H,24,25)/b23-10-. The molecule has 0 unspecified atom stereocenters. The molecule has 9 heteroatoms. The summed E-state index contributed by atoms with van der Waals surface area (Å²) in [6.07, 6.45) is 2.45. The molecule has 2 amide bonds. The normalized spacial score (nSPS) is 10.7. The molecule has 0 bridgehead atoms. The number of nitrogens with one attached hydrogen (secondary N) is 2. The Bertz CT molecular complexity index is 1170. The summed E-state index contributed by atoms with van der Waals surface area (Å²) in [5.74, 6) is -0.150. The van der Waals surface area contributed by atoms with Crippen molar-refractivity contribution in [1.29, 1.82) is 0 Å². The molecule has 0 aliphatic carbocycles. The number of benzene rings is 2. The van der Waals surface area contributed by atoms with E-state index in [1.54, 1.807) is 36.4 Å². The number of hydrazone groups is 1. The lowest BCUT2D eigenvalue weighted by molar-refractivity contribution is -0.120. The van der Waals surface area contributed by atoms with Crippen LogP contribution in [0.3, 0.4) is 0 Å². The molecule has 154 valence electrons. The van der Waals surface area contributed by atoms with Crippen molar-refractivity contribution >= 4 is 29.0 Å². The van der Waals surface area contributed by atoms with Crippen molar-refractivity contribution in [3.8, 4) is 11.5 Å². The molecule has 3 aromatic rings. The van der Waals surface area contributed by atoms with Gasteiger partial charge < -0.3 is 19.2 Å². The van der Waals surface area contributed by atoms with Crippen LogP contribution in [-0.2, 0) is 4.79 Å². The highest BCUT2D eigenvalue weighted by molar-refractivity contribution is 5.97. The van der Waals surface area contributed by atoms with Gasteiger partial charge >= 0.3 is 0 Å². The van der Waals surface area contributed by atoms with Gasteiger partial charge in [-0.15, -0.1) is 0 Å². The fourth-order valence-corrected chi connectivity index (χ4v) is 2.64. The zero-order valence-corrected chi connectivity index (χ0v) is 16.3. The van der Waals surface area contributed by atoms with E-state index in [0.29, 0.717) is 28.0 Å². The lowest BCUT2D eigenvalue weighted by atomic mass is 10.2.